The van der Waals surface area contributed by atoms with Gasteiger partial charge in [-0.15, -0.1) is 0 Å². The molecule has 0 bridgehead atoms. The van der Waals surface area contributed by atoms with Crippen molar-refractivity contribution in [2.75, 3.05) is 39.8 Å². The van der Waals surface area contributed by atoms with Gasteiger partial charge < -0.3 is 10.2 Å². The van der Waals surface area contributed by atoms with E-state index in [2.05, 4.69) is 49.9 Å². The van der Waals surface area contributed by atoms with Crippen molar-refractivity contribution in [3.05, 3.63) is 0 Å². The highest BCUT2D eigenvalue weighted by atomic mass is 15.3. The zero-order valence-electron chi connectivity index (χ0n) is 12.4. The summed E-state index contributed by atoms with van der Waals surface area (Å²) in [6, 6.07) is 1.41. The fourth-order valence-electron chi connectivity index (χ4n) is 2.68. The van der Waals surface area contributed by atoms with E-state index in [1.54, 1.807) is 0 Å². The van der Waals surface area contributed by atoms with Crippen LogP contribution in [0.25, 0.3) is 0 Å². The SMILES string of the molecule is CC(C)CNCCC(C)N1CCN(C)CC1C. The third kappa shape index (κ3) is 5.36. The molecule has 0 spiro atoms. The number of hydrogen-bond donors (Lipinski definition) is 1. The van der Waals surface area contributed by atoms with Crippen molar-refractivity contribution < 1.29 is 0 Å². The Labute approximate surface area is 108 Å². The largest absolute Gasteiger partial charge is 0.316 e. The number of piperazine rings is 1. The first kappa shape index (κ1) is 14.9. The van der Waals surface area contributed by atoms with Gasteiger partial charge in [0.15, 0.2) is 0 Å². The first-order chi connectivity index (χ1) is 8.00. The molecule has 17 heavy (non-hydrogen) atoms. The van der Waals surface area contributed by atoms with E-state index in [-0.39, 0.29) is 0 Å². The van der Waals surface area contributed by atoms with Crippen LogP contribution in [0, 0.1) is 5.92 Å². The molecule has 102 valence electrons. The first-order valence-electron chi connectivity index (χ1n) is 7.15. The van der Waals surface area contributed by atoms with Gasteiger partial charge in [-0.2, -0.15) is 0 Å². The van der Waals surface area contributed by atoms with Crippen LogP contribution in [0.1, 0.15) is 34.1 Å². The Morgan fingerprint density at radius 2 is 1.94 bits per heavy atom. The van der Waals surface area contributed by atoms with Crippen molar-refractivity contribution in [2.24, 2.45) is 5.92 Å². The van der Waals surface area contributed by atoms with Gasteiger partial charge in [0.05, 0.1) is 0 Å². The smallest absolute Gasteiger partial charge is 0.0198 e. The lowest BCUT2D eigenvalue weighted by Gasteiger charge is -2.41. The molecular weight excluding hydrogens is 210 g/mol. The molecule has 1 aliphatic rings. The average molecular weight is 241 g/mol. The molecule has 1 rings (SSSR count). The predicted molar refractivity (Wildman–Crippen MR) is 75.5 cm³/mol. The number of nitrogens with one attached hydrogen (secondary N) is 1. The number of nitrogens with zero attached hydrogens (tertiary/aromatic N) is 2. The lowest BCUT2D eigenvalue weighted by Crippen LogP contribution is -2.54. The quantitative estimate of drug-likeness (QED) is 0.713. The van der Waals surface area contributed by atoms with E-state index < -0.39 is 0 Å². The number of likely N-dealkylation sites (N-methyl/N-ethyl adjacent to an activating group) is 1. The predicted octanol–water partition coefficient (Wildman–Crippen LogP) is 1.65. The minimum atomic E-state index is 0.703. The molecular formula is C14H31N3. The van der Waals surface area contributed by atoms with E-state index in [0.29, 0.717) is 12.1 Å². The van der Waals surface area contributed by atoms with Crippen molar-refractivity contribution in [2.45, 2.75) is 46.2 Å². The lowest BCUT2D eigenvalue weighted by atomic mass is 10.1. The van der Waals surface area contributed by atoms with E-state index in [0.717, 1.165) is 19.0 Å². The molecule has 1 saturated heterocycles. The fraction of sp³-hybridized carbons (Fsp3) is 1.00. The highest BCUT2D eigenvalue weighted by Crippen LogP contribution is 2.13. The van der Waals surface area contributed by atoms with Crippen LogP contribution in [-0.4, -0.2) is 61.7 Å². The van der Waals surface area contributed by atoms with Gasteiger partial charge in [0.1, 0.15) is 0 Å². The normalized spacial score (nSPS) is 25.4. The first-order valence-corrected chi connectivity index (χ1v) is 7.15. The van der Waals surface area contributed by atoms with Gasteiger partial charge in [-0.25, -0.2) is 0 Å². The highest BCUT2D eigenvalue weighted by Gasteiger charge is 2.24. The summed E-state index contributed by atoms with van der Waals surface area (Å²) >= 11 is 0. The van der Waals surface area contributed by atoms with Gasteiger partial charge in [0.25, 0.3) is 0 Å². The maximum atomic E-state index is 3.54. The molecule has 0 aromatic carbocycles. The van der Waals surface area contributed by atoms with Crippen molar-refractivity contribution in [3.8, 4) is 0 Å². The Morgan fingerprint density at radius 3 is 2.53 bits per heavy atom. The second-order valence-corrected chi connectivity index (χ2v) is 6.08. The van der Waals surface area contributed by atoms with E-state index in [1.807, 2.05) is 0 Å². The molecule has 0 aromatic heterocycles. The van der Waals surface area contributed by atoms with Gasteiger partial charge in [0.2, 0.25) is 0 Å². The summed E-state index contributed by atoms with van der Waals surface area (Å²) in [5.41, 5.74) is 0. The molecule has 2 unspecified atom stereocenters. The molecule has 0 aliphatic carbocycles. The molecule has 0 amide bonds. The van der Waals surface area contributed by atoms with Crippen LogP contribution in [0.3, 0.4) is 0 Å². The van der Waals surface area contributed by atoms with Gasteiger partial charge in [-0.1, -0.05) is 13.8 Å². The monoisotopic (exact) mass is 241 g/mol. The summed E-state index contributed by atoms with van der Waals surface area (Å²) in [4.78, 5) is 5.10. The van der Waals surface area contributed by atoms with E-state index in [4.69, 9.17) is 0 Å². The van der Waals surface area contributed by atoms with Crippen LogP contribution < -0.4 is 5.32 Å². The Kier molecular flexibility index (Phi) is 6.45. The summed E-state index contributed by atoms with van der Waals surface area (Å²) in [6.07, 6.45) is 1.26. The molecule has 0 saturated carbocycles. The average Bonchev–Trinajstić information content (AvgIpc) is 2.23. The summed E-state index contributed by atoms with van der Waals surface area (Å²) in [7, 11) is 2.22. The van der Waals surface area contributed by atoms with Crippen LogP contribution in [0.5, 0.6) is 0 Å². The molecule has 1 N–H and O–H groups in total. The highest BCUT2D eigenvalue weighted by molar-refractivity contribution is 4.81. The Bertz CT molecular complexity index is 206. The molecule has 3 nitrogen and oxygen atoms in total. The van der Waals surface area contributed by atoms with Gasteiger partial charge in [-0.05, 0) is 46.3 Å². The molecule has 2 atom stereocenters. The number of rotatable bonds is 6. The fourth-order valence-corrected chi connectivity index (χ4v) is 2.68. The second-order valence-electron chi connectivity index (χ2n) is 6.08. The van der Waals surface area contributed by atoms with Crippen LogP contribution in [0.4, 0.5) is 0 Å². The molecule has 1 aliphatic heterocycles. The summed E-state index contributed by atoms with van der Waals surface area (Å²) in [5.74, 6) is 0.757. The Balaban J connectivity index is 2.20. The maximum Gasteiger partial charge on any atom is 0.0198 e. The van der Waals surface area contributed by atoms with Crippen LogP contribution in [-0.2, 0) is 0 Å². The summed E-state index contributed by atoms with van der Waals surface area (Å²) in [6.45, 7) is 15.2. The second kappa shape index (κ2) is 7.34. The van der Waals surface area contributed by atoms with E-state index in [9.17, 15) is 0 Å². The molecule has 0 aromatic rings. The van der Waals surface area contributed by atoms with Crippen LogP contribution >= 0.6 is 0 Å². The molecule has 3 heteroatoms. The van der Waals surface area contributed by atoms with Crippen molar-refractivity contribution in [1.82, 2.24) is 15.1 Å². The topological polar surface area (TPSA) is 18.5 Å². The lowest BCUT2D eigenvalue weighted by molar-refractivity contribution is 0.0644. The number of hydrogen-bond acceptors (Lipinski definition) is 3. The van der Waals surface area contributed by atoms with Crippen LogP contribution in [0.15, 0.2) is 0 Å². The van der Waals surface area contributed by atoms with Crippen LogP contribution in [0.2, 0.25) is 0 Å². The summed E-state index contributed by atoms with van der Waals surface area (Å²) in [5, 5.41) is 3.54. The maximum absolute atomic E-state index is 3.54. The Hall–Kier alpha value is -0.120. The summed E-state index contributed by atoms with van der Waals surface area (Å²) < 4.78 is 0. The van der Waals surface area contributed by atoms with E-state index in [1.165, 1.54) is 26.1 Å². The third-order valence-electron chi connectivity index (χ3n) is 3.74. The minimum Gasteiger partial charge on any atom is -0.316 e. The Morgan fingerprint density at radius 1 is 1.24 bits per heavy atom. The van der Waals surface area contributed by atoms with Gasteiger partial charge in [-0.3, -0.25) is 4.90 Å². The minimum absolute atomic E-state index is 0.703. The van der Waals surface area contributed by atoms with Crippen molar-refractivity contribution in [1.29, 1.82) is 0 Å². The van der Waals surface area contributed by atoms with Gasteiger partial charge in [0, 0.05) is 31.7 Å². The molecule has 1 fully saturated rings. The van der Waals surface area contributed by atoms with Crippen molar-refractivity contribution >= 4 is 0 Å². The van der Waals surface area contributed by atoms with E-state index >= 15 is 0 Å². The zero-order chi connectivity index (χ0) is 12.8. The standard InChI is InChI=1S/C14H31N3/c1-12(2)10-15-7-6-13(3)17-9-8-16(5)11-14(17)4/h12-15H,6-11H2,1-5H3. The zero-order valence-corrected chi connectivity index (χ0v) is 12.4. The third-order valence-corrected chi connectivity index (χ3v) is 3.74. The molecule has 0 radical (unpaired) electrons. The van der Waals surface area contributed by atoms with Gasteiger partial charge >= 0.3 is 0 Å². The molecule has 1 heterocycles. The van der Waals surface area contributed by atoms with Crippen molar-refractivity contribution in [3.63, 3.8) is 0 Å².